The molecule has 0 nitrogen and oxygen atoms in total. The number of hydrogen-bond acceptors (Lipinski definition) is 0. The summed E-state index contributed by atoms with van der Waals surface area (Å²) in [6.45, 7) is 7.05. The zero-order valence-corrected chi connectivity index (χ0v) is 17.4. The van der Waals surface area contributed by atoms with E-state index in [2.05, 4.69) is 74.6 Å². The maximum absolute atomic E-state index is 2.40. The molecule has 1 aliphatic carbocycles. The third-order valence-corrected chi connectivity index (χ3v) is 6.30. The van der Waals surface area contributed by atoms with Gasteiger partial charge >= 0.3 is 26.2 Å². The van der Waals surface area contributed by atoms with Crippen LogP contribution in [0.25, 0.3) is 27.1 Å². The first kappa shape index (κ1) is 16.7. The van der Waals surface area contributed by atoms with E-state index in [-0.39, 0.29) is 29.1 Å². The minimum absolute atomic E-state index is 0. The van der Waals surface area contributed by atoms with Crippen molar-refractivity contribution in [3.63, 3.8) is 0 Å². The first-order chi connectivity index (χ1) is 10.7. The second-order valence-electron chi connectivity index (χ2n) is 6.45. The zero-order chi connectivity index (χ0) is 15.3. The van der Waals surface area contributed by atoms with Gasteiger partial charge < -0.3 is 2.85 Å². The molecule has 0 fully saturated rings. The summed E-state index contributed by atoms with van der Waals surface area (Å²) in [6, 6.07) is 15.9. The van der Waals surface area contributed by atoms with E-state index in [1.807, 2.05) is 0 Å². The summed E-state index contributed by atoms with van der Waals surface area (Å²) in [6.07, 6.45) is 5.65. The predicted octanol–water partition coefficient (Wildman–Crippen LogP) is 5.63. The molecule has 1 aliphatic rings. The Bertz CT molecular complexity index is 951. The molecule has 0 N–H and O–H groups in total. The second kappa shape index (κ2) is 6.42. The van der Waals surface area contributed by atoms with Gasteiger partial charge in [0.05, 0.1) is 8.80 Å². The van der Waals surface area contributed by atoms with Gasteiger partial charge in [-0.1, -0.05) is 77.5 Å². The molecule has 0 amide bonds. The molecule has 0 spiro atoms. The summed E-state index contributed by atoms with van der Waals surface area (Å²) < 4.78 is 0. The summed E-state index contributed by atoms with van der Waals surface area (Å²) in [7, 11) is -0.491. The van der Waals surface area contributed by atoms with Gasteiger partial charge in [0.15, 0.2) is 0 Å². The van der Waals surface area contributed by atoms with Crippen molar-refractivity contribution >= 4 is 41.1 Å². The maximum Gasteiger partial charge on any atom is 3.00 e. The van der Waals surface area contributed by atoms with Crippen LogP contribution in [0.2, 0.25) is 13.1 Å². The Labute approximate surface area is 162 Å². The van der Waals surface area contributed by atoms with Crippen molar-refractivity contribution in [2.75, 3.05) is 0 Å². The topological polar surface area (TPSA) is 0 Å². The summed E-state index contributed by atoms with van der Waals surface area (Å²) >= 11 is 0. The molecular weight excluding hydrogens is 372 g/mol. The van der Waals surface area contributed by atoms with Crippen LogP contribution in [-0.4, -0.2) is 8.80 Å². The van der Waals surface area contributed by atoms with E-state index in [0.29, 0.717) is 0 Å². The molecule has 0 unspecified atom stereocenters. The summed E-state index contributed by atoms with van der Waals surface area (Å²) in [5, 5.41) is 7.18. The van der Waals surface area contributed by atoms with Gasteiger partial charge in [-0.2, -0.15) is 0 Å². The summed E-state index contributed by atoms with van der Waals surface area (Å²) in [5.74, 6) is 0. The van der Waals surface area contributed by atoms with E-state index in [9.17, 15) is 0 Å². The Hall–Kier alpha value is -1.11. The average molecular weight is 394 g/mol. The van der Waals surface area contributed by atoms with Gasteiger partial charge in [-0.25, -0.2) is 0 Å². The van der Waals surface area contributed by atoms with Crippen molar-refractivity contribution in [2.45, 2.75) is 26.4 Å². The molecule has 0 heterocycles. The van der Waals surface area contributed by atoms with Crippen molar-refractivity contribution in [1.82, 2.24) is 0 Å². The van der Waals surface area contributed by atoms with Crippen molar-refractivity contribution < 1.29 is 29.1 Å². The van der Waals surface area contributed by atoms with Crippen LogP contribution in [0, 0.1) is 0 Å². The summed E-state index contributed by atoms with van der Waals surface area (Å²) in [4.78, 5) is 0. The largest absolute Gasteiger partial charge is 3.00 e. The van der Waals surface area contributed by atoms with Gasteiger partial charge in [0.1, 0.15) is 0 Å². The third kappa shape index (κ3) is 2.66. The van der Waals surface area contributed by atoms with Gasteiger partial charge in [0.25, 0.3) is 0 Å². The van der Waals surface area contributed by atoms with Crippen LogP contribution in [0.4, 0.5) is 0 Å². The Morgan fingerprint density at radius 1 is 1.04 bits per heavy atom. The van der Waals surface area contributed by atoms with Crippen molar-refractivity contribution in [3.8, 4) is 0 Å². The molecule has 0 aliphatic heterocycles. The third-order valence-electron chi connectivity index (χ3n) is 4.80. The van der Waals surface area contributed by atoms with Crippen LogP contribution in [0.1, 0.15) is 21.8 Å². The fourth-order valence-electron chi connectivity index (χ4n) is 3.68. The standard InChI is InChI=1S/C21H20Si.Zr.2H/c1-14-7-6-10-16(14)21-19-13-15-8-4-5-9-17(15)18(19)11-12-20(21)22(2)3;;;/h4-9,11-13H,10H2,1-3H3;;;/q-1;+3;2*-1. The van der Waals surface area contributed by atoms with E-state index >= 15 is 0 Å². The molecule has 4 rings (SSSR count). The Balaban J connectivity index is 0.00000104. The van der Waals surface area contributed by atoms with E-state index in [1.165, 1.54) is 38.3 Å². The van der Waals surface area contributed by atoms with E-state index in [4.69, 9.17) is 0 Å². The second-order valence-corrected chi connectivity index (χ2v) is 8.99. The van der Waals surface area contributed by atoms with Gasteiger partial charge in [0, 0.05) is 0 Å². The Morgan fingerprint density at radius 3 is 2.52 bits per heavy atom. The molecular formula is C21H22SiZr. The van der Waals surface area contributed by atoms with Crippen molar-refractivity contribution in [1.29, 1.82) is 0 Å². The molecule has 23 heavy (non-hydrogen) atoms. The number of allylic oxidation sites excluding steroid dienone is 4. The van der Waals surface area contributed by atoms with Crippen LogP contribution >= 0.6 is 0 Å². The normalized spacial score (nSPS) is 14.3. The Kier molecular flexibility index (Phi) is 4.67. The van der Waals surface area contributed by atoms with E-state index in [0.717, 1.165) is 6.42 Å². The smallest absolute Gasteiger partial charge is 1.00 e. The maximum atomic E-state index is 2.40. The predicted molar refractivity (Wildman–Crippen MR) is 103 cm³/mol. The van der Waals surface area contributed by atoms with Gasteiger partial charge in [-0.05, 0) is 13.3 Å². The van der Waals surface area contributed by atoms with Crippen LogP contribution in [0.5, 0.6) is 0 Å². The van der Waals surface area contributed by atoms with Gasteiger partial charge in [-0.15, -0.1) is 33.7 Å². The van der Waals surface area contributed by atoms with Gasteiger partial charge in [0.2, 0.25) is 0 Å². The Morgan fingerprint density at radius 2 is 1.83 bits per heavy atom. The average Bonchev–Trinajstić information content (AvgIpc) is 3.09. The zero-order valence-electron chi connectivity index (χ0n) is 15.9. The fourth-order valence-corrected chi connectivity index (χ4v) is 4.89. The minimum Gasteiger partial charge on any atom is -1.00 e. The van der Waals surface area contributed by atoms with E-state index in [1.54, 1.807) is 5.19 Å². The van der Waals surface area contributed by atoms with Crippen molar-refractivity contribution in [2.24, 2.45) is 0 Å². The molecule has 3 aromatic rings. The van der Waals surface area contributed by atoms with E-state index < -0.39 is 8.80 Å². The van der Waals surface area contributed by atoms with Crippen LogP contribution in [0.15, 0.2) is 60.2 Å². The molecule has 0 saturated carbocycles. The quantitative estimate of drug-likeness (QED) is 0.391. The monoisotopic (exact) mass is 392 g/mol. The first-order valence-corrected chi connectivity index (χ1v) is 10.4. The molecule has 0 aromatic heterocycles. The molecule has 3 aromatic carbocycles. The number of benzene rings is 2. The summed E-state index contributed by atoms with van der Waals surface area (Å²) in [5.41, 5.74) is 4.49. The molecule has 0 bridgehead atoms. The minimum atomic E-state index is -0.491. The van der Waals surface area contributed by atoms with Crippen LogP contribution in [0.3, 0.4) is 0 Å². The molecule has 2 radical (unpaired) electrons. The molecule has 114 valence electrons. The van der Waals surface area contributed by atoms with Crippen LogP contribution < -0.4 is 5.19 Å². The fraction of sp³-hybridized carbons (Fsp3) is 0.190. The first-order valence-electron chi connectivity index (χ1n) is 7.95. The number of hydrogen-bond donors (Lipinski definition) is 0. The van der Waals surface area contributed by atoms with Gasteiger partial charge in [-0.3, -0.25) is 0 Å². The SMILES string of the molecule is CC1=C(c2c([Si](C)C)ccc3c2[cH-]c2ccccc23)CC=C1.[H-].[H-].[Zr+3]. The number of rotatable bonds is 2. The number of fused-ring (bicyclic) bond motifs is 3. The van der Waals surface area contributed by atoms with Crippen molar-refractivity contribution in [3.05, 3.63) is 65.8 Å². The molecule has 0 atom stereocenters. The molecule has 0 saturated heterocycles. The van der Waals surface area contributed by atoms with Crippen LogP contribution in [-0.2, 0) is 26.2 Å². The molecule has 2 heteroatoms.